The molecule has 2 aliphatic rings. The molecule has 1 saturated carbocycles. The van der Waals surface area contributed by atoms with Crippen LogP contribution in [0.3, 0.4) is 0 Å². The highest BCUT2D eigenvalue weighted by Gasteiger charge is 2.57. The minimum Gasteiger partial charge on any atom is -0.477 e. The Bertz CT molecular complexity index is 2020. The molecule has 1 saturated heterocycles. The number of anilines is 1. The SMILES string of the molecule is CS(=O)(=O)O.[2H]C1([2H])[C@@H]2C(NC(=O)[C@H](C)NC(=O)[C@H](C)N)[C@H]2C([2H])([2H])N1c1nc2c(cc1F)c(=O)c(C(=O)O)cn2-c1ccc(F)cc1F. The number of rotatable bonds is 7. The Morgan fingerprint density at radius 3 is 2.24 bits per heavy atom. The number of nitrogens with two attached hydrogens (primary N) is 1. The van der Waals surface area contributed by atoms with Crippen molar-refractivity contribution >= 4 is 44.8 Å². The zero-order chi connectivity index (χ0) is 37.1. The highest BCUT2D eigenvalue weighted by Crippen LogP contribution is 2.47. The summed E-state index contributed by atoms with van der Waals surface area (Å²) in [5, 5.41) is 13.8. The minimum atomic E-state index is -3.67. The molecule has 2 fully saturated rings. The monoisotopic (exact) mass is 658 g/mol. The third kappa shape index (κ3) is 7.40. The molecule has 5 rings (SSSR count). The number of aromatic nitrogens is 2. The first-order chi connectivity index (χ1) is 22.4. The summed E-state index contributed by atoms with van der Waals surface area (Å²) in [7, 11) is -3.67. The summed E-state index contributed by atoms with van der Waals surface area (Å²) in [6, 6.07) is -0.253. The van der Waals surface area contributed by atoms with Crippen molar-refractivity contribution < 1.29 is 51.1 Å². The second kappa shape index (κ2) is 12.4. The van der Waals surface area contributed by atoms with Gasteiger partial charge in [-0.1, -0.05) is 0 Å². The molecule has 0 radical (unpaired) electrons. The number of halogens is 3. The van der Waals surface area contributed by atoms with Gasteiger partial charge in [-0.15, -0.1) is 0 Å². The van der Waals surface area contributed by atoms with E-state index in [1.807, 2.05) is 0 Å². The molecule has 1 aliphatic heterocycles. The molecular weight excluding hydrogens is 625 g/mol. The molecule has 3 aromatic rings. The second-order valence-electron chi connectivity index (χ2n) is 10.2. The molecule has 4 atom stereocenters. The lowest BCUT2D eigenvalue weighted by Crippen LogP contribution is -2.50. The van der Waals surface area contributed by atoms with Crippen LogP contribution in [0.5, 0.6) is 0 Å². The average Bonchev–Trinajstić information content (AvgIpc) is 3.65. The number of carbonyl (C=O) groups is 3. The fourth-order valence-corrected chi connectivity index (χ4v) is 4.35. The van der Waals surface area contributed by atoms with Crippen LogP contribution in [0.15, 0.2) is 35.3 Å². The fourth-order valence-electron chi connectivity index (χ4n) is 4.35. The van der Waals surface area contributed by atoms with Crippen LogP contribution in [0.1, 0.15) is 29.7 Å². The lowest BCUT2D eigenvalue weighted by molar-refractivity contribution is -0.129. The number of fused-ring (bicyclic) bond motifs is 2. The second-order valence-corrected chi connectivity index (χ2v) is 11.7. The molecule has 0 bridgehead atoms. The fraction of sp³-hybridized carbons (Fsp3) is 0.370. The van der Waals surface area contributed by atoms with Crippen LogP contribution in [0.4, 0.5) is 19.0 Å². The van der Waals surface area contributed by atoms with E-state index in [1.54, 1.807) is 0 Å². The normalized spacial score (nSPS) is 23.6. The standard InChI is InChI=1S/C26H25F3N6O5.CH4O3S/c1-10(30)24(37)31-11(2)25(38)32-20-14-7-34(8-15(14)20)23-18(29)6-13-21(36)16(26(39)40)9-35(22(13)33-23)19-4-3-12(27)5-17(19)28;1-5(2,3)4/h3-6,9-11,14-15,20H,7-8,30H2,1-2H3,(H,31,37)(H,32,38)(H,39,40);1H3,(H,2,3,4)/t10-,11-,14-,15-;/m0./s1/i7D2,8D2;. The first kappa shape index (κ1) is 28.0. The van der Waals surface area contributed by atoms with Crippen LogP contribution in [0, 0.1) is 29.3 Å². The number of hydrogen-bond acceptors (Lipinski definition) is 9. The number of amides is 2. The van der Waals surface area contributed by atoms with Gasteiger partial charge in [0.15, 0.2) is 17.3 Å². The Labute approximate surface area is 259 Å². The van der Waals surface area contributed by atoms with Crippen molar-refractivity contribution in [3.63, 3.8) is 0 Å². The van der Waals surface area contributed by atoms with Gasteiger partial charge in [-0.3, -0.25) is 23.5 Å². The summed E-state index contributed by atoms with van der Waals surface area (Å²) >= 11 is 0. The Hall–Kier alpha value is -4.55. The smallest absolute Gasteiger partial charge is 0.341 e. The number of benzene rings is 1. The van der Waals surface area contributed by atoms with Crippen LogP contribution in [0.25, 0.3) is 16.7 Å². The Morgan fingerprint density at radius 1 is 1.11 bits per heavy atom. The van der Waals surface area contributed by atoms with Crippen molar-refractivity contribution in [2.75, 3.05) is 24.1 Å². The van der Waals surface area contributed by atoms with Crippen molar-refractivity contribution in [3.8, 4) is 5.69 Å². The molecular formula is C27H29F3N6O8S. The molecule has 3 heterocycles. The molecule has 6 N–H and O–H groups in total. The molecule has 14 nitrogen and oxygen atoms in total. The van der Waals surface area contributed by atoms with Crippen molar-refractivity contribution in [2.45, 2.75) is 32.0 Å². The van der Waals surface area contributed by atoms with E-state index >= 15 is 4.39 Å². The van der Waals surface area contributed by atoms with Gasteiger partial charge in [-0.2, -0.15) is 8.42 Å². The summed E-state index contributed by atoms with van der Waals surface area (Å²) in [4.78, 5) is 53.6. The van der Waals surface area contributed by atoms with Crippen LogP contribution in [0.2, 0.25) is 0 Å². The molecule has 45 heavy (non-hydrogen) atoms. The van der Waals surface area contributed by atoms with Crippen LogP contribution in [-0.2, 0) is 19.7 Å². The largest absolute Gasteiger partial charge is 0.477 e. The molecule has 1 aromatic carbocycles. The van der Waals surface area contributed by atoms with Gasteiger partial charge in [0.25, 0.3) is 10.1 Å². The van der Waals surface area contributed by atoms with E-state index in [0.717, 1.165) is 16.7 Å². The number of carboxylic acids is 1. The number of nitrogens with one attached hydrogen (secondary N) is 2. The number of carbonyl (C=O) groups excluding carboxylic acids is 2. The molecule has 2 aromatic heterocycles. The highest BCUT2D eigenvalue weighted by molar-refractivity contribution is 7.85. The number of aromatic carboxylic acids is 1. The van der Waals surface area contributed by atoms with Crippen LogP contribution >= 0.6 is 0 Å². The van der Waals surface area contributed by atoms with E-state index in [2.05, 4.69) is 15.6 Å². The van der Waals surface area contributed by atoms with E-state index in [-0.39, 0.29) is 0 Å². The Balaban J connectivity index is 0.00000101. The Morgan fingerprint density at radius 2 is 1.71 bits per heavy atom. The molecule has 242 valence electrons. The van der Waals surface area contributed by atoms with Gasteiger partial charge < -0.3 is 26.4 Å². The summed E-state index contributed by atoms with van der Waals surface area (Å²) in [5.74, 6) is -9.96. The van der Waals surface area contributed by atoms with E-state index in [9.17, 15) is 41.5 Å². The molecule has 18 heteroatoms. The molecule has 1 aliphatic carbocycles. The first-order valence-electron chi connectivity index (χ1n) is 14.9. The van der Waals surface area contributed by atoms with Crippen molar-refractivity contribution in [1.82, 2.24) is 20.2 Å². The third-order valence-electron chi connectivity index (χ3n) is 6.58. The molecule has 2 amide bonds. The number of nitrogens with zero attached hydrogens (tertiary/aromatic N) is 3. The maximum absolute atomic E-state index is 15.6. The molecule has 0 spiro atoms. The summed E-state index contributed by atoms with van der Waals surface area (Å²) in [6.07, 6.45) is 1.41. The van der Waals surface area contributed by atoms with Gasteiger partial charge in [-0.05, 0) is 32.0 Å². The number of pyridine rings is 2. The van der Waals surface area contributed by atoms with Crippen molar-refractivity contribution in [2.24, 2.45) is 17.6 Å². The van der Waals surface area contributed by atoms with E-state index in [0.29, 0.717) is 29.5 Å². The van der Waals surface area contributed by atoms with Gasteiger partial charge in [0, 0.05) is 48.6 Å². The zero-order valence-corrected chi connectivity index (χ0v) is 24.4. The number of piperidine rings is 1. The van der Waals surface area contributed by atoms with Crippen LogP contribution in [-0.4, -0.2) is 82.8 Å². The van der Waals surface area contributed by atoms with Crippen LogP contribution < -0.4 is 26.7 Å². The van der Waals surface area contributed by atoms with Crippen molar-refractivity contribution in [3.05, 3.63) is 63.7 Å². The summed E-state index contributed by atoms with van der Waals surface area (Å²) in [6.45, 7) is -2.60. The predicted octanol–water partition coefficient (Wildman–Crippen LogP) is 0.408. The predicted molar refractivity (Wildman–Crippen MR) is 154 cm³/mol. The summed E-state index contributed by atoms with van der Waals surface area (Å²) < 4.78 is 105. The third-order valence-corrected chi connectivity index (χ3v) is 6.58. The lowest BCUT2D eigenvalue weighted by atomic mass is 10.1. The zero-order valence-electron chi connectivity index (χ0n) is 27.6. The minimum absolute atomic E-state index is 0.412. The molecule has 0 unspecified atom stereocenters. The quantitative estimate of drug-likeness (QED) is 0.219. The van der Waals surface area contributed by atoms with Gasteiger partial charge in [0.1, 0.15) is 23.2 Å². The topological polar surface area (TPSA) is 214 Å². The maximum atomic E-state index is 15.6. The lowest BCUT2D eigenvalue weighted by Gasteiger charge is -2.23. The highest BCUT2D eigenvalue weighted by atomic mass is 32.2. The van der Waals surface area contributed by atoms with E-state index < -0.39 is 122 Å². The van der Waals surface area contributed by atoms with Gasteiger partial charge >= 0.3 is 5.97 Å². The van der Waals surface area contributed by atoms with E-state index in [4.69, 9.17) is 15.8 Å². The number of carboxylic acid groups (broad SMARTS) is 1. The first-order valence-corrected chi connectivity index (χ1v) is 14.8. The average molecular weight is 659 g/mol. The van der Waals surface area contributed by atoms with Crippen molar-refractivity contribution in [1.29, 1.82) is 0 Å². The van der Waals surface area contributed by atoms with E-state index in [1.165, 1.54) is 13.8 Å². The van der Waals surface area contributed by atoms with Gasteiger partial charge in [-0.25, -0.2) is 22.9 Å². The van der Waals surface area contributed by atoms with Gasteiger partial charge in [0.2, 0.25) is 17.2 Å². The number of hydrogen-bond donors (Lipinski definition) is 5. The van der Waals surface area contributed by atoms with Gasteiger partial charge in [0.05, 0.1) is 23.4 Å². The Kier molecular flexibility index (Phi) is 7.73. The summed E-state index contributed by atoms with van der Waals surface area (Å²) in [5.41, 5.74) is 2.35. The maximum Gasteiger partial charge on any atom is 0.341 e.